The highest BCUT2D eigenvalue weighted by Gasteiger charge is 2.17. The summed E-state index contributed by atoms with van der Waals surface area (Å²) in [6.45, 7) is 4.75. The van der Waals surface area contributed by atoms with E-state index in [1.165, 1.54) is 49.7 Å². The Labute approximate surface area is 175 Å². The topological polar surface area (TPSA) is 50.9 Å². The Hall–Kier alpha value is -2.20. The largest absolute Gasteiger partial charge is 0.396 e. The van der Waals surface area contributed by atoms with Gasteiger partial charge in [-0.25, -0.2) is 0 Å². The maximum absolute atomic E-state index is 8.86. The third kappa shape index (κ3) is 5.89. The van der Waals surface area contributed by atoms with Crippen LogP contribution in [0.4, 0.5) is 0 Å². The van der Waals surface area contributed by atoms with Crippen LogP contribution >= 0.6 is 0 Å². The first-order chi connectivity index (χ1) is 14.2. The lowest BCUT2D eigenvalue weighted by atomic mass is 9.89. The molecule has 0 aliphatic carbocycles. The second kappa shape index (κ2) is 11.1. The number of aromatic nitrogens is 3. The van der Waals surface area contributed by atoms with Crippen LogP contribution in [0.25, 0.3) is 16.7 Å². The van der Waals surface area contributed by atoms with Crippen LogP contribution in [-0.2, 0) is 0 Å². The van der Waals surface area contributed by atoms with Crippen molar-refractivity contribution in [3.05, 3.63) is 53.6 Å². The van der Waals surface area contributed by atoms with E-state index in [-0.39, 0.29) is 0 Å². The summed E-state index contributed by atoms with van der Waals surface area (Å²) in [5.74, 6) is 0.536. The number of aliphatic hydroxyl groups is 1. The fourth-order valence-corrected chi connectivity index (χ4v) is 4.11. The number of nitrogens with zero attached hydrogens (tertiary/aromatic N) is 3. The molecular formula is C25H35N3O. The van der Waals surface area contributed by atoms with E-state index in [9.17, 15) is 0 Å². The first-order valence-electron chi connectivity index (χ1n) is 11.3. The summed E-state index contributed by atoms with van der Waals surface area (Å²) in [6.07, 6.45) is 10.8. The number of aliphatic hydroxyl groups excluding tert-OH is 1. The van der Waals surface area contributed by atoms with E-state index in [2.05, 4.69) is 32.0 Å². The standard InChI is InChI=1S/C25H35N3O/c1-3-21(13-9-7-5-4-6-8-12-18-29)22-17-16-20(2)19-25(22)28-26-23-14-10-11-15-24(23)27-28/h10-11,14-17,19,21,29H,3-9,12-13,18H2,1-2H3. The zero-order valence-corrected chi connectivity index (χ0v) is 18.0. The summed E-state index contributed by atoms with van der Waals surface area (Å²) < 4.78 is 0. The highest BCUT2D eigenvalue weighted by Crippen LogP contribution is 2.31. The van der Waals surface area contributed by atoms with Crippen LogP contribution in [0.2, 0.25) is 0 Å². The molecule has 0 aliphatic heterocycles. The minimum Gasteiger partial charge on any atom is -0.396 e. The molecule has 0 bridgehead atoms. The molecule has 1 aromatic heterocycles. The van der Waals surface area contributed by atoms with Gasteiger partial charge in [0.15, 0.2) is 0 Å². The van der Waals surface area contributed by atoms with E-state index in [0.29, 0.717) is 12.5 Å². The summed E-state index contributed by atoms with van der Waals surface area (Å²) in [4.78, 5) is 1.83. The highest BCUT2D eigenvalue weighted by atomic mass is 16.2. The number of hydrogen-bond acceptors (Lipinski definition) is 3. The number of benzene rings is 2. The van der Waals surface area contributed by atoms with Gasteiger partial charge in [0.05, 0.1) is 5.69 Å². The average molecular weight is 394 g/mol. The molecule has 156 valence electrons. The Bertz CT molecular complexity index is 854. The Kier molecular flexibility index (Phi) is 8.24. The van der Waals surface area contributed by atoms with Crippen molar-refractivity contribution < 1.29 is 5.11 Å². The van der Waals surface area contributed by atoms with Crippen LogP contribution in [0.5, 0.6) is 0 Å². The van der Waals surface area contributed by atoms with Crippen molar-refractivity contribution >= 4 is 11.0 Å². The zero-order chi connectivity index (χ0) is 20.5. The van der Waals surface area contributed by atoms with Crippen LogP contribution in [0.1, 0.15) is 81.8 Å². The Balaban J connectivity index is 1.67. The fourth-order valence-electron chi connectivity index (χ4n) is 4.11. The number of rotatable bonds is 12. The number of unbranched alkanes of at least 4 members (excludes halogenated alkanes) is 6. The molecule has 29 heavy (non-hydrogen) atoms. The molecule has 4 nitrogen and oxygen atoms in total. The van der Waals surface area contributed by atoms with Crippen molar-refractivity contribution in [2.24, 2.45) is 0 Å². The molecular weight excluding hydrogens is 358 g/mol. The molecule has 0 amide bonds. The minimum absolute atomic E-state index is 0.331. The number of hydrogen-bond donors (Lipinski definition) is 1. The Morgan fingerprint density at radius 3 is 2.10 bits per heavy atom. The fraction of sp³-hybridized carbons (Fsp3) is 0.520. The van der Waals surface area contributed by atoms with Gasteiger partial charge in [0.1, 0.15) is 11.0 Å². The van der Waals surface area contributed by atoms with Crippen molar-refractivity contribution in [1.29, 1.82) is 0 Å². The SMILES string of the molecule is CCC(CCCCCCCCCO)c1ccc(C)cc1-n1nc2ccccc2n1. The first kappa shape index (κ1) is 21.5. The number of aryl methyl sites for hydroxylation is 1. The van der Waals surface area contributed by atoms with Gasteiger partial charge in [0.25, 0.3) is 0 Å². The molecule has 1 unspecified atom stereocenters. The van der Waals surface area contributed by atoms with Crippen molar-refractivity contribution in [3.8, 4) is 5.69 Å². The van der Waals surface area contributed by atoms with Gasteiger partial charge in [-0.1, -0.05) is 69.7 Å². The molecule has 0 spiro atoms. The van der Waals surface area contributed by atoms with Gasteiger partial charge in [0, 0.05) is 6.61 Å². The molecule has 4 heteroatoms. The van der Waals surface area contributed by atoms with E-state index in [1.54, 1.807) is 0 Å². The molecule has 0 fully saturated rings. The lowest BCUT2D eigenvalue weighted by molar-refractivity contribution is 0.282. The van der Waals surface area contributed by atoms with Gasteiger partial charge in [0.2, 0.25) is 0 Å². The summed E-state index contributed by atoms with van der Waals surface area (Å²) in [7, 11) is 0. The molecule has 1 atom stereocenters. The highest BCUT2D eigenvalue weighted by molar-refractivity contribution is 5.73. The molecule has 1 N–H and O–H groups in total. The van der Waals surface area contributed by atoms with Crippen LogP contribution in [0.15, 0.2) is 42.5 Å². The normalized spacial score (nSPS) is 12.5. The molecule has 0 radical (unpaired) electrons. The van der Waals surface area contributed by atoms with Crippen molar-refractivity contribution in [3.63, 3.8) is 0 Å². The van der Waals surface area contributed by atoms with Gasteiger partial charge < -0.3 is 5.11 Å². The summed E-state index contributed by atoms with van der Waals surface area (Å²) in [5, 5.41) is 18.3. The van der Waals surface area contributed by atoms with Gasteiger partial charge in [-0.3, -0.25) is 0 Å². The predicted molar refractivity (Wildman–Crippen MR) is 121 cm³/mol. The lowest BCUT2D eigenvalue weighted by Crippen LogP contribution is -2.08. The van der Waals surface area contributed by atoms with Gasteiger partial charge in [-0.2, -0.15) is 4.80 Å². The Morgan fingerprint density at radius 2 is 1.48 bits per heavy atom. The maximum Gasteiger partial charge on any atom is 0.113 e. The van der Waals surface area contributed by atoms with E-state index in [1.807, 2.05) is 29.1 Å². The van der Waals surface area contributed by atoms with Crippen LogP contribution < -0.4 is 0 Å². The van der Waals surface area contributed by atoms with Gasteiger partial charge >= 0.3 is 0 Å². The van der Waals surface area contributed by atoms with Crippen LogP contribution in [0.3, 0.4) is 0 Å². The van der Waals surface area contributed by atoms with Crippen LogP contribution in [-0.4, -0.2) is 26.7 Å². The smallest absolute Gasteiger partial charge is 0.113 e. The quantitative estimate of drug-likeness (QED) is 0.365. The molecule has 3 rings (SSSR count). The maximum atomic E-state index is 8.86. The predicted octanol–water partition coefficient (Wildman–Crippen LogP) is 6.34. The monoisotopic (exact) mass is 393 g/mol. The summed E-state index contributed by atoms with van der Waals surface area (Å²) in [6, 6.07) is 14.8. The molecule has 0 saturated carbocycles. The Morgan fingerprint density at radius 1 is 0.862 bits per heavy atom. The summed E-state index contributed by atoms with van der Waals surface area (Å²) >= 11 is 0. The molecule has 3 aromatic rings. The van der Waals surface area contributed by atoms with Crippen molar-refractivity contribution in [2.45, 2.75) is 77.6 Å². The van der Waals surface area contributed by atoms with Gasteiger partial charge in [-0.15, -0.1) is 10.2 Å². The average Bonchev–Trinajstić information content (AvgIpc) is 3.17. The third-order valence-corrected chi connectivity index (χ3v) is 5.83. The van der Waals surface area contributed by atoms with E-state index >= 15 is 0 Å². The minimum atomic E-state index is 0.331. The first-order valence-corrected chi connectivity index (χ1v) is 11.3. The molecule has 0 aliphatic rings. The van der Waals surface area contributed by atoms with E-state index in [0.717, 1.165) is 36.0 Å². The number of fused-ring (bicyclic) bond motifs is 1. The van der Waals surface area contributed by atoms with E-state index in [4.69, 9.17) is 15.3 Å². The van der Waals surface area contributed by atoms with Gasteiger partial charge in [-0.05, 0) is 61.4 Å². The molecule has 2 aromatic carbocycles. The van der Waals surface area contributed by atoms with Crippen molar-refractivity contribution in [2.75, 3.05) is 6.61 Å². The second-order valence-corrected chi connectivity index (χ2v) is 8.13. The second-order valence-electron chi connectivity index (χ2n) is 8.13. The van der Waals surface area contributed by atoms with Crippen molar-refractivity contribution in [1.82, 2.24) is 15.0 Å². The third-order valence-electron chi connectivity index (χ3n) is 5.83. The summed E-state index contributed by atoms with van der Waals surface area (Å²) in [5.41, 5.74) is 5.60. The zero-order valence-electron chi connectivity index (χ0n) is 18.0. The molecule has 0 saturated heterocycles. The lowest BCUT2D eigenvalue weighted by Gasteiger charge is -2.19. The molecule has 1 heterocycles. The van der Waals surface area contributed by atoms with E-state index < -0.39 is 0 Å². The van der Waals surface area contributed by atoms with Crippen LogP contribution in [0, 0.1) is 6.92 Å².